The molecular weight excluding hydrogens is 393 g/mol. The molecule has 5 nitrogen and oxygen atoms in total. The van der Waals surface area contributed by atoms with Crippen LogP contribution >= 0.6 is 23.2 Å². The normalized spacial score (nSPS) is 12.0. The molecule has 140 valence electrons. The van der Waals surface area contributed by atoms with Gasteiger partial charge in [-0.15, -0.1) is 5.10 Å². The van der Waals surface area contributed by atoms with Gasteiger partial charge in [0.25, 0.3) is 0 Å². The van der Waals surface area contributed by atoms with Crippen LogP contribution in [0.5, 0.6) is 0 Å². The molecule has 1 aromatic heterocycles. The number of para-hydroxylation sites is 1. The van der Waals surface area contributed by atoms with Gasteiger partial charge < -0.3 is 5.32 Å². The fraction of sp³-hybridized carbons (Fsp3) is 0.0952. The van der Waals surface area contributed by atoms with Gasteiger partial charge in [-0.2, -0.15) is 4.68 Å². The van der Waals surface area contributed by atoms with E-state index >= 15 is 0 Å². The van der Waals surface area contributed by atoms with Crippen LogP contribution in [-0.2, 0) is 0 Å². The maximum Gasteiger partial charge on any atom is 0.183 e. The zero-order valence-corrected chi connectivity index (χ0v) is 16.6. The van der Waals surface area contributed by atoms with Crippen molar-refractivity contribution in [2.24, 2.45) is 0 Å². The lowest BCUT2D eigenvalue weighted by molar-refractivity contribution is 0.735. The molecule has 0 amide bonds. The van der Waals surface area contributed by atoms with Crippen LogP contribution in [0, 0.1) is 6.92 Å². The van der Waals surface area contributed by atoms with Gasteiger partial charge in [0.05, 0.1) is 5.69 Å². The Balaban J connectivity index is 1.82. The summed E-state index contributed by atoms with van der Waals surface area (Å²) < 4.78 is 1.72. The lowest BCUT2D eigenvalue weighted by atomic mass is 10.1. The summed E-state index contributed by atoms with van der Waals surface area (Å²) in [4.78, 5) is 0. The molecule has 4 rings (SSSR count). The number of hydrogen-bond donors (Lipinski definition) is 1. The molecule has 0 radical (unpaired) electrons. The zero-order chi connectivity index (χ0) is 19.5. The molecular formula is C21H17Cl2N5. The molecule has 7 heteroatoms. The number of tetrazole rings is 1. The summed E-state index contributed by atoms with van der Waals surface area (Å²) in [6.07, 6.45) is 0. The van der Waals surface area contributed by atoms with Gasteiger partial charge in [-0.3, -0.25) is 0 Å². The molecule has 3 aromatic carbocycles. The summed E-state index contributed by atoms with van der Waals surface area (Å²) in [6.45, 7) is 2.00. The Kier molecular flexibility index (Phi) is 5.28. The van der Waals surface area contributed by atoms with E-state index in [1.165, 1.54) is 0 Å². The highest BCUT2D eigenvalue weighted by atomic mass is 35.5. The molecule has 28 heavy (non-hydrogen) atoms. The van der Waals surface area contributed by atoms with Gasteiger partial charge in [-0.1, -0.05) is 59.6 Å². The quantitative estimate of drug-likeness (QED) is 0.474. The number of halogens is 2. The average Bonchev–Trinajstić information content (AvgIpc) is 3.19. The third-order valence-electron chi connectivity index (χ3n) is 4.44. The van der Waals surface area contributed by atoms with Gasteiger partial charge in [0.1, 0.15) is 6.04 Å². The van der Waals surface area contributed by atoms with Crippen molar-refractivity contribution in [3.8, 4) is 5.69 Å². The van der Waals surface area contributed by atoms with E-state index in [4.69, 9.17) is 23.2 Å². The maximum absolute atomic E-state index is 6.22. The van der Waals surface area contributed by atoms with E-state index in [2.05, 4.69) is 20.8 Å². The van der Waals surface area contributed by atoms with E-state index < -0.39 is 0 Å². The van der Waals surface area contributed by atoms with Crippen molar-refractivity contribution in [1.29, 1.82) is 0 Å². The van der Waals surface area contributed by atoms with E-state index in [1.54, 1.807) is 4.68 Å². The molecule has 0 spiro atoms. The molecule has 1 heterocycles. The monoisotopic (exact) mass is 409 g/mol. The lowest BCUT2D eigenvalue weighted by Crippen LogP contribution is -2.18. The van der Waals surface area contributed by atoms with E-state index in [9.17, 15) is 0 Å². The number of aromatic nitrogens is 4. The molecule has 0 aliphatic rings. The molecule has 0 saturated heterocycles. The highest BCUT2D eigenvalue weighted by molar-refractivity contribution is 6.31. The fourth-order valence-corrected chi connectivity index (χ4v) is 3.30. The van der Waals surface area contributed by atoms with Crippen molar-refractivity contribution in [3.05, 3.63) is 99.8 Å². The van der Waals surface area contributed by atoms with E-state index in [-0.39, 0.29) is 6.04 Å². The molecule has 1 N–H and O–H groups in total. The first-order valence-corrected chi connectivity index (χ1v) is 9.49. The van der Waals surface area contributed by atoms with Gasteiger partial charge in [0.2, 0.25) is 0 Å². The Morgan fingerprint density at radius 1 is 0.893 bits per heavy atom. The number of nitrogens with zero attached hydrogens (tertiary/aromatic N) is 4. The van der Waals surface area contributed by atoms with Crippen molar-refractivity contribution in [2.45, 2.75) is 13.0 Å². The van der Waals surface area contributed by atoms with Crippen LogP contribution in [0.3, 0.4) is 0 Å². The van der Waals surface area contributed by atoms with E-state index in [0.717, 1.165) is 22.5 Å². The highest BCUT2D eigenvalue weighted by Crippen LogP contribution is 2.29. The van der Waals surface area contributed by atoms with Crippen LogP contribution in [-0.4, -0.2) is 20.2 Å². The maximum atomic E-state index is 6.22. The van der Waals surface area contributed by atoms with Gasteiger partial charge in [0, 0.05) is 15.7 Å². The molecule has 4 aromatic rings. The number of hydrogen-bond acceptors (Lipinski definition) is 4. The fourth-order valence-electron chi connectivity index (χ4n) is 3.01. The largest absolute Gasteiger partial charge is 0.371 e. The predicted octanol–water partition coefficient (Wildman–Crippen LogP) is 5.48. The predicted molar refractivity (Wildman–Crippen MR) is 112 cm³/mol. The van der Waals surface area contributed by atoms with Gasteiger partial charge in [0.15, 0.2) is 5.82 Å². The van der Waals surface area contributed by atoms with Gasteiger partial charge >= 0.3 is 0 Å². The number of aryl methyl sites for hydroxylation is 1. The number of benzene rings is 3. The Morgan fingerprint density at radius 3 is 2.36 bits per heavy atom. The Bertz CT molecular complexity index is 1080. The summed E-state index contributed by atoms with van der Waals surface area (Å²) in [6, 6.07) is 23.0. The van der Waals surface area contributed by atoms with E-state index in [1.807, 2.05) is 79.7 Å². The molecule has 0 saturated carbocycles. The summed E-state index contributed by atoms with van der Waals surface area (Å²) >= 11 is 12.3. The lowest BCUT2D eigenvalue weighted by Gasteiger charge is -2.20. The van der Waals surface area contributed by atoms with Crippen molar-refractivity contribution in [2.75, 3.05) is 5.32 Å². The SMILES string of the molecule is Cc1ccc(Cl)cc1-n1nnnc1C(Nc1ccccc1)c1ccc(Cl)cc1. The Hall–Kier alpha value is -2.89. The molecule has 0 aliphatic heterocycles. The van der Waals surface area contributed by atoms with Crippen LogP contribution < -0.4 is 5.32 Å². The first-order valence-electron chi connectivity index (χ1n) is 8.73. The Labute approximate surface area is 172 Å². The minimum absolute atomic E-state index is 0.284. The third-order valence-corrected chi connectivity index (χ3v) is 4.93. The minimum atomic E-state index is -0.284. The summed E-state index contributed by atoms with van der Waals surface area (Å²) in [5.74, 6) is 0.650. The van der Waals surface area contributed by atoms with Gasteiger partial charge in [-0.25, -0.2) is 0 Å². The third kappa shape index (κ3) is 3.86. The van der Waals surface area contributed by atoms with Gasteiger partial charge in [-0.05, 0) is 64.9 Å². The summed E-state index contributed by atoms with van der Waals surface area (Å²) in [7, 11) is 0. The van der Waals surface area contributed by atoms with Crippen LogP contribution in [0.25, 0.3) is 5.69 Å². The average molecular weight is 410 g/mol. The standard InChI is InChI=1S/C21H17Cl2N5/c1-14-7-10-17(23)13-19(14)28-21(25-26-27-28)20(15-8-11-16(22)12-9-15)24-18-5-3-2-4-6-18/h2-13,20,24H,1H3. The van der Waals surface area contributed by atoms with Crippen LogP contribution in [0.15, 0.2) is 72.8 Å². The van der Waals surface area contributed by atoms with E-state index in [0.29, 0.717) is 15.9 Å². The number of anilines is 1. The molecule has 0 bridgehead atoms. The topological polar surface area (TPSA) is 55.6 Å². The first kappa shape index (κ1) is 18.5. The van der Waals surface area contributed by atoms with Crippen LogP contribution in [0.1, 0.15) is 23.0 Å². The molecule has 1 atom stereocenters. The van der Waals surface area contributed by atoms with Crippen molar-refractivity contribution in [1.82, 2.24) is 20.2 Å². The highest BCUT2D eigenvalue weighted by Gasteiger charge is 2.23. The smallest absolute Gasteiger partial charge is 0.183 e. The molecule has 0 aliphatic carbocycles. The van der Waals surface area contributed by atoms with Crippen molar-refractivity contribution in [3.63, 3.8) is 0 Å². The number of rotatable bonds is 5. The molecule has 0 fully saturated rings. The second kappa shape index (κ2) is 8.00. The number of nitrogens with one attached hydrogen (secondary N) is 1. The molecule has 1 unspecified atom stereocenters. The first-order chi connectivity index (χ1) is 13.6. The summed E-state index contributed by atoms with van der Waals surface area (Å²) in [5.41, 5.74) is 3.80. The summed E-state index contributed by atoms with van der Waals surface area (Å²) in [5, 5.41) is 17.3. The second-order valence-corrected chi connectivity index (χ2v) is 7.25. The second-order valence-electron chi connectivity index (χ2n) is 6.37. The van der Waals surface area contributed by atoms with Crippen LogP contribution in [0.4, 0.5) is 5.69 Å². The van der Waals surface area contributed by atoms with Crippen LogP contribution in [0.2, 0.25) is 10.0 Å². The Morgan fingerprint density at radius 2 is 1.61 bits per heavy atom. The van der Waals surface area contributed by atoms with Crippen molar-refractivity contribution < 1.29 is 0 Å². The zero-order valence-electron chi connectivity index (χ0n) is 15.1. The van der Waals surface area contributed by atoms with Crippen molar-refractivity contribution >= 4 is 28.9 Å². The minimum Gasteiger partial charge on any atom is -0.371 e.